The number of ether oxygens (including phenoxy) is 1. The number of carbonyl (C=O) groups excluding carboxylic acids is 1. The Balaban J connectivity index is 2.53. The number of carbonyl (C=O) groups is 1. The molecule has 0 aliphatic carbocycles. The van der Waals surface area contributed by atoms with Gasteiger partial charge < -0.3 is 10.1 Å². The summed E-state index contributed by atoms with van der Waals surface area (Å²) in [5, 5.41) is 11.4. The Kier molecular flexibility index (Phi) is 4.32. The van der Waals surface area contributed by atoms with Gasteiger partial charge in [-0.25, -0.2) is 18.6 Å². The Bertz CT molecular complexity index is 785. The van der Waals surface area contributed by atoms with Crippen LogP contribution in [0.3, 0.4) is 0 Å². The quantitative estimate of drug-likeness (QED) is 0.882. The lowest BCUT2D eigenvalue weighted by molar-refractivity contribution is 0.0601. The summed E-state index contributed by atoms with van der Waals surface area (Å²) in [6, 6.07) is 6.77. The van der Waals surface area contributed by atoms with E-state index < -0.39 is 23.3 Å². The minimum absolute atomic E-state index is 0.0405. The number of nitriles is 1. The van der Waals surface area contributed by atoms with E-state index in [0.29, 0.717) is 5.56 Å². The van der Waals surface area contributed by atoms with Crippen LogP contribution in [0.4, 0.5) is 20.3 Å². The number of hydrogen-bond acceptors (Lipinski definition) is 5. The summed E-state index contributed by atoms with van der Waals surface area (Å²) >= 11 is 0. The maximum Gasteiger partial charge on any atom is 0.341 e. The molecule has 1 N–H and O–H groups in total. The van der Waals surface area contributed by atoms with Crippen molar-refractivity contribution in [2.24, 2.45) is 0 Å². The third-order valence-corrected chi connectivity index (χ3v) is 2.86. The number of nitrogens with zero attached hydrogens (tertiary/aromatic N) is 2. The number of pyridine rings is 1. The molecule has 0 atom stereocenters. The summed E-state index contributed by atoms with van der Waals surface area (Å²) in [5.74, 6) is -2.54. The zero-order valence-electron chi connectivity index (χ0n) is 11.8. The number of anilines is 2. The number of aromatic nitrogens is 1. The van der Waals surface area contributed by atoms with Crippen molar-refractivity contribution < 1.29 is 18.3 Å². The third kappa shape index (κ3) is 3.01. The van der Waals surface area contributed by atoms with E-state index in [2.05, 4.69) is 15.0 Å². The van der Waals surface area contributed by atoms with Crippen molar-refractivity contribution in [2.75, 3.05) is 12.4 Å². The van der Waals surface area contributed by atoms with Crippen molar-refractivity contribution in [1.82, 2.24) is 4.98 Å². The number of methoxy groups -OCH3 is 1. The first-order valence-corrected chi connectivity index (χ1v) is 6.18. The van der Waals surface area contributed by atoms with Gasteiger partial charge in [0.1, 0.15) is 23.3 Å². The topological polar surface area (TPSA) is 75.0 Å². The van der Waals surface area contributed by atoms with E-state index in [0.717, 1.165) is 13.2 Å². The average Bonchev–Trinajstić information content (AvgIpc) is 2.50. The molecule has 0 unspecified atom stereocenters. The molecule has 112 valence electrons. The second-order valence-electron chi connectivity index (χ2n) is 4.43. The van der Waals surface area contributed by atoms with Gasteiger partial charge >= 0.3 is 5.97 Å². The van der Waals surface area contributed by atoms with E-state index in [1.54, 1.807) is 19.1 Å². The van der Waals surface area contributed by atoms with Gasteiger partial charge in [-0.15, -0.1) is 0 Å². The predicted molar refractivity (Wildman–Crippen MR) is 74.7 cm³/mol. The van der Waals surface area contributed by atoms with Gasteiger partial charge in [0.05, 0.1) is 12.8 Å². The molecule has 0 saturated carbocycles. The van der Waals surface area contributed by atoms with Crippen molar-refractivity contribution in [2.45, 2.75) is 6.92 Å². The van der Waals surface area contributed by atoms with Crippen molar-refractivity contribution in [3.8, 4) is 6.07 Å². The van der Waals surface area contributed by atoms with Crippen LogP contribution in [-0.4, -0.2) is 18.1 Å². The van der Waals surface area contributed by atoms with Gasteiger partial charge in [0, 0.05) is 0 Å². The normalized spacial score (nSPS) is 9.95. The molecular formula is C15H11F2N3O2. The summed E-state index contributed by atoms with van der Waals surface area (Å²) in [6.07, 6.45) is 0. The SMILES string of the molecule is COC(=O)c1cc(F)c(C#N)nc1Nc1ccc(C)cc1F. The van der Waals surface area contributed by atoms with Crippen molar-refractivity contribution in [3.05, 3.63) is 52.7 Å². The zero-order chi connectivity index (χ0) is 16.3. The second kappa shape index (κ2) is 6.18. The number of rotatable bonds is 3. The highest BCUT2D eigenvalue weighted by Crippen LogP contribution is 2.24. The Hall–Kier alpha value is -3.01. The molecule has 0 spiro atoms. The molecule has 2 rings (SSSR count). The van der Waals surface area contributed by atoms with Gasteiger partial charge in [-0.3, -0.25) is 0 Å². The minimum atomic E-state index is -0.960. The molecule has 7 heteroatoms. The smallest absolute Gasteiger partial charge is 0.341 e. The molecule has 22 heavy (non-hydrogen) atoms. The molecule has 0 bridgehead atoms. The summed E-state index contributed by atoms with van der Waals surface area (Å²) in [6.45, 7) is 1.72. The van der Waals surface area contributed by atoms with E-state index in [1.165, 1.54) is 12.1 Å². The molecule has 0 radical (unpaired) electrons. The van der Waals surface area contributed by atoms with Gasteiger partial charge in [-0.1, -0.05) is 6.07 Å². The van der Waals surface area contributed by atoms with Crippen LogP contribution in [-0.2, 0) is 4.74 Å². The molecule has 1 heterocycles. The van der Waals surface area contributed by atoms with E-state index in [4.69, 9.17) is 5.26 Å². The first-order valence-electron chi connectivity index (χ1n) is 6.18. The van der Waals surface area contributed by atoms with Gasteiger partial charge in [0.25, 0.3) is 0 Å². The molecule has 0 aliphatic rings. The lowest BCUT2D eigenvalue weighted by atomic mass is 10.2. The van der Waals surface area contributed by atoms with E-state index >= 15 is 0 Å². The lowest BCUT2D eigenvalue weighted by Crippen LogP contribution is -2.10. The Labute approximate surface area is 125 Å². The molecule has 5 nitrogen and oxygen atoms in total. The van der Waals surface area contributed by atoms with Crippen molar-refractivity contribution >= 4 is 17.5 Å². The zero-order valence-corrected chi connectivity index (χ0v) is 11.8. The summed E-state index contributed by atoms with van der Waals surface area (Å²) in [4.78, 5) is 15.4. The Morgan fingerprint density at radius 1 is 1.32 bits per heavy atom. The fourth-order valence-electron chi connectivity index (χ4n) is 1.78. The Morgan fingerprint density at radius 3 is 2.64 bits per heavy atom. The number of aryl methyl sites for hydroxylation is 1. The monoisotopic (exact) mass is 303 g/mol. The number of hydrogen-bond donors (Lipinski definition) is 1. The molecule has 1 aromatic heterocycles. The van der Waals surface area contributed by atoms with Crippen LogP contribution in [0, 0.1) is 29.9 Å². The molecule has 0 fully saturated rings. The van der Waals surface area contributed by atoms with Gasteiger partial charge in [-0.05, 0) is 30.7 Å². The predicted octanol–water partition coefficient (Wildman–Crippen LogP) is 3.07. The molecule has 2 aromatic rings. The average molecular weight is 303 g/mol. The van der Waals surface area contributed by atoms with Gasteiger partial charge in [-0.2, -0.15) is 5.26 Å². The number of nitrogens with one attached hydrogen (secondary N) is 1. The van der Waals surface area contributed by atoms with Crippen LogP contribution in [0.25, 0.3) is 0 Å². The molecule has 0 amide bonds. The number of benzene rings is 1. The Morgan fingerprint density at radius 2 is 2.05 bits per heavy atom. The minimum Gasteiger partial charge on any atom is -0.465 e. The van der Waals surface area contributed by atoms with Crippen LogP contribution >= 0.6 is 0 Å². The van der Waals surface area contributed by atoms with Crippen LogP contribution in [0.1, 0.15) is 21.6 Å². The number of esters is 1. The van der Waals surface area contributed by atoms with E-state index in [-0.39, 0.29) is 17.1 Å². The maximum absolute atomic E-state index is 13.9. The maximum atomic E-state index is 13.9. The largest absolute Gasteiger partial charge is 0.465 e. The van der Waals surface area contributed by atoms with Crippen molar-refractivity contribution in [1.29, 1.82) is 5.26 Å². The summed E-state index contributed by atoms with van der Waals surface area (Å²) in [5.41, 5.74) is 0.00131. The first kappa shape index (κ1) is 15.4. The fraction of sp³-hybridized carbons (Fsp3) is 0.133. The molecular weight excluding hydrogens is 292 g/mol. The van der Waals surface area contributed by atoms with Crippen molar-refractivity contribution in [3.63, 3.8) is 0 Å². The van der Waals surface area contributed by atoms with Gasteiger partial charge in [0.2, 0.25) is 0 Å². The fourth-order valence-corrected chi connectivity index (χ4v) is 1.78. The first-order chi connectivity index (χ1) is 10.5. The summed E-state index contributed by atoms with van der Waals surface area (Å²) < 4.78 is 32.0. The third-order valence-electron chi connectivity index (χ3n) is 2.86. The van der Waals surface area contributed by atoms with Crippen LogP contribution in [0.15, 0.2) is 24.3 Å². The lowest BCUT2D eigenvalue weighted by Gasteiger charge is -2.11. The highest BCUT2D eigenvalue weighted by Gasteiger charge is 2.19. The van der Waals surface area contributed by atoms with Crippen LogP contribution in [0.5, 0.6) is 0 Å². The standard InChI is InChI=1S/C15H11F2N3O2/c1-8-3-4-12(10(16)5-8)19-14-9(15(21)22-2)6-11(17)13(7-18)20-14/h3-6H,1-2H3,(H,19,20). The van der Waals surface area contributed by atoms with Crippen LogP contribution in [0.2, 0.25) is 0 Å². The molecule has 0 aliphatic heterocycles. The second-order valence-corrected chi connectivity index (χ2v) is 4.43. The van der Waals surface area contributed by atoms with E-state index in [9.17, 15) is 13.6 Å². The highest BCUT2D eigenvalue weighted by atomic mass is 19.1. The molecule has 1 aromatic carbocycles. The van der Waals surface area contributed by atoms with Gasteiger partial charge in [0.15, 0.2) is 11.5 Å². The molecule has 0 saturated heterocycles. The number of halogens is 2. The van der Waals surface area contributed by atoms with E-state index in [1.807, 2.05) is 0 Å². The summed E-state index contributed by atoms with van der Waals surface area (Å²) in [7, 11) is 1.12. The highest BCUT2D eigenvalue weighted by molar-refractivity contribution is 5.95. The van der Waals surface area contributed by atoms with Crippen LogP contribution < -0.4 is 5.32 Å².